The van der Waals surface area contributed by atoms with Crippen LogP contribution < -0.4 is 5.32 Å². The first-order chi connectivity index (χ1) is 4.47. The third kappa shape index (κ3) is 0.650. The molecular formula is C6H7N3. The molecule has 0 bridgehead atoms. The normalized spacial score (nSPS) is 22.2. The van der Waals surface area contributed by atoms with Crippen molar-refractivity contribution in [3.8, 4) is 0 Å². The van der Waals surface area contributed by atoms with Crippen molar-refractivity contribution >= 4 is 12.4 Å². The van der Waals surface area contributed by atoms with Gasteiger partial charge in [0.25, 0.3) is 0 Å². The van der Waals surface area contributed by atoms with Gasteiger partial charge in [-0.05, 0) is 0 Å². The van der Waals surface area contributed by atoms with Gasteiger partial charge in [0.2, 0.25) is 0 Å². The number of hydrogen-bond acceptors (Lipinski definition) is 3. The van der Waals surface area contributed by atoms with E-state index in [2.05, 4.69) is 15.3 Å². The van der Waals surface area contributed by atoms with Crippen molar-refractivity contribution in [2.24, 2.45) is 9.98 Å². The number of nitrogens with one attached hydrogen (secondary N) is 1. The summed E-state index contributed by atoms with van der Waals surface area (Å²) in [5, 5.41) is 3.06. The van der Waals surface area contributed by atoms with Crippen molar-refractivity contribution in [3.63, 3.8) is 0 Å². The fourth-order valence-electron chi connectivity index (χ4n) is 0.964. The van der Waals surface area contributed by atoms with Crippen LogP contribution >= 0.6 is 0 Å². The molecule has 0 aromatic heterocycles. The molecule has 0 saturated heterocycles. The molecule has 0 radical (unpaired) electrons. The van der Waals surface area contributed by atoms with Gasteiger partial charge in [-0.3, -0.25) is 4.99 Å². The molecule has 0 unspecified atom stereocenters. The lowest BCUT2D eigenvalue weighted by Gasteiger charge is -2.06. The minimum absolute atomic E-state index is 0.677. The van der Waals surface area contributed by atoms with E-state index in [1.807, 2.05) is 12.4 Å². The Labute approximate surface area is 53.2 Å². The Morgan fingerprint density at radius 2 is 2.56 bits per heavy atom. The van der Waals surface area contributed by atoms with E-state index in [9.17, 15) is 0 Å². The summed E-state index contributed by atoms with van der Waals surface area (Å²) >= 11 is 0. The fourth-order valence-corrected chi connectivity index (χ4v) is 0.964. The monoisotopic (exact) mass is 121 g/mol. The summed E-state index contributed by atoms with van der Waals surface area (Å²) < 4.78 is 0. The Kier molecular flexibility index (Phi) is 0.886. The maximum atomic E-state index is 4.11. The maximum Gasteiger partial charge on any atom is 0.132 e. The average molecular weight is 121 g/mol. The highest BCUT2D eigenvalue weighted by atomic mass is 15.1. The van der Waals surface area contributed by atoms with Crippen LogP contribution in [0.3, 0.4) is 0 Å². The first-order valence-electron chi connectivity index (χ1n) is 2.96. The molecule has 0 fully saturated rings. The summed E-state index contributed by atoms with van der Waals surface area (Å²) in [6.07, 6.45) is 4.72. The number of rotatable bonds is 0. The van der Waals surface area contributed by atoms with E-state index in [-0.39, 0.29) is 0 Å². The highest BCUT2D eigenvalue weighted by Gasteiger charge is 2.09. The van der Waals surface area contributed by atoms with E-state index in [1.165, 1.54) is 5.57 Å². The predicted molar refractivity (Wildman–Crippen MR) is 36.6 cm³/mol. The lowest BCUT2D eigenvalue weighted by atomic mass is 10.2. The number of aliphatic imine (C=N–C) groups is 2. The Hall–Kier alpha value is -1.12. The van der Waals surface area contributed by atoms with Crippen molar-refractivity contribution in [2.45, 2.75) is 6.42 Å². The lowest BCUT2D eigenvalue weighted by Crippen LogP contribution is -2.16. The summed E-state index contributed by atoms with van der Waals surface area (Å²) in [5.74, 6) is 1.00. The molecule has 0 aromatic carbocycles. The van der Waals surface area contributed by atoms with E-state index in [1.54, 1.807) is 0 Å². The molecular weight excluding hydrogens is 114 g/mol. The highest BCUT2D eigenvalue weighted by molar-refractivity contribution is 5.88. The van der Waals surface area contributed by atoms with E-state index < -0.39 is 0 Å². The van der Waals surface area contributed by atoms with Crippen molar-refractivity contribution in [1.82, 2.24) is 5.32 Å². The second kappa shape index (κ2) is 1.69. The number of allylic oxidation sites excluding steroid dienone is 1. The summed E-state index contributed by atoms with van der Waals surface area (Å²) in [4.78, 5) is 8.16. The summed E-state index contributed by atoms with van der Waals surface area (Å²) in [6.45, 7) is 0.677. The van der Waals surface area contributed by atoms with Gasteiger partial charge in [-0.25, -0.2) is 4.99 Å². The van der Waals surface area contributed by atoms with E-state index in [0.29, 0.717) is 6.67 Å². The fraction of sp³-hybridized carbons (Fsp3) is 0.333. The van der Waals surface area contributed by atoms with E-state index >= 15 is 0 Å². The molecule has 46 valence electrons. The van der Waals surface area contributed by atoms with E-state index in [4.69, 9.17) is 0 Å². The second-order valence-electron chi connectivity index (χ2n) is 2.04. The Morgan fingerprint density at radius 1 is 1.56 bits per heavy atom. The van der Waals surface area contributed by atoms with Gasteiger partial charge in [-0.15, -0.1) is 0 Å². The van der Waals surface area contributed by atoms with Crippen LogP contribution in [0.25, 0.3) is 0 Å². The zero-order valence-electron chi connectivity index (χ0n) is 4.96. The van der Waals surface area contributed by atoms with Gasteiger partial charge in [0.05, 0.1) is 0 Å². The van der Waals surface area contributed by atoms with Gasteiger partial charge in [0.1, 0.15) is 12.5 Å². The van der Waals surface area contributed by atoms with Crippen LogP contribution in [-0.4, -0.2) is 19.1 Å². The predicted octanol–water partition coefficient (Wildman–Crippen LogP) is 0.304. The minimum Gasteiger partial charge on any atom is -0.351 e. The van der Waals surface area contributed by atoms with Crippen LogP contribution in [0.4, 0.5) is 0 Å². The van der Waals surface area contributed by atoms with E-state index in [0.717, 1.165) is 12.2 Å². The lowest BCUT2D eigenvalue weighted by molar-refractivity contribution is 0.804. The standard InChI is InChI=1S/C6H7N3/c1-2-8-6-5(1)3-7-4-9-6/h2-3,9H,1,4H2. The molecule has 1 N–H and O–H groups in total. The van der Waals surface area contributed by atoms with Crippen LogP contribution in [0.1, 0.15) is 6.42 Å². The van der Waals surface area contributed by atoms with Gasteiger partial charge in [-0.1, -0.05) is 0 Å². The Morgan fingerprint density at radius 3 is 3.44 bits per heavy atom. The largest absolute Gasteiger partial charge is 0.351 e. The average Bonchev–Trinajstić information content (AvgIpc) is 2.33. The first-order valence-corrected chi connectivity index (χ1v) is 2.96. The third-order valence-corrected chi connectivity index (χ3v) is 1.42. The molecule has 2 aliphatic heterocycles. The molecule has 0 atom stereocenters. The first kappa shape index (κ1) is 4.73. The molecule has 0 spiro atoms. The molecule has 0 aliphatic carbocycles. The van der Waals surface area contributed by atoms with Gasteiger partial charge in [0, 0.05) is 24.4 Å². The molecule has 0 saturated carbocycles. The molecule has 0 aromatic rings. The minimum atomic E-state index is 0.677. The zero-order chi connectivity index (χ0) is 6.10. The van der Waals surface area contributed by atoms with Gasteiger partial charge < -0.3 is 5.32 Å². The van der Waals surface area contributed by atoms with Crippen LogP contribution in [0.2, 0.25) is 0 Å². The highest BCUT2D eigenvalue weighted by Crippen LogP contribution is 2.12. The molecule has 9 heavy (non-hydrogen) atoms. The second-order valence-corrected chi connectivity index (χ2v) is 2.04. The van der Waals surface area contributed by atoms with Crippen LogP contribution in [0.15, 0.2) is 21.4 Å². The molecule has 0 amide bonds. The van der Waals surface area contributed by atoms with Crippen LogP contribution in [0, 0.1) is 0 Å². The molecule has 2 rings (SSSR count). The summed E-state index contributed by atoms with van der Waals surface area (Å²) in [7, 11) is 0. The van der Waals surface area contributed by atoms with Crippen molar-refractivity contribution < 1.29 is 0 Å². The van der Waals surface area contributed by atoms with Crippen LogP contribution in [-0.2, 0) is 0 Å². The molecule has 2 aliphatic rings. The van der Waals surface area contributed by atoms with Gasteiger partial charge in [-0.2, -0.15) is 0 Å². The van der Waals surface area contributed by atoms with Crippen molar-refractivity contribution in [2.75, 3.05) is 6.67 Å². The summed E-state index contributed by atoms with van der Waals surface area (Å²) in [6, 6.07) is 0. The van der Waals surface area contributed by atoms with Crippen molar-refractivity contribution in [3.05, 3.63) is 11.4 Å². The molecule has 2 heterocycles. The van der Waals surface area contributed by atoms with Gasteiger partial charge >= 0.3 is 0 Å². The summed E-state index contributed by atoms with van der Waals surface area (Å²) in [5.41, 5.74) is 1.21. The van der Waals surface area contributed by atoms with Crippen LogP contribution in [0.5, 0.6) is 0 Å². The number of nitrogens with zero attached hydrogens (tertiary/aromatic N) is 2. The Balaban J connectivity index is 2.35. The third-order valence-electron chi connectivity index (χ3n) is 1.42. The Bertz CT molecular complexity index is 212. The SMILES string of the molecule is C1=NCNC2=C1CC=N2. The van der Waals surface area contributed by atoms with Crippen molar-refractivity contribution in [1.29, 1.82) is 0 Å². The molecule has 3 nitrogen and oxygen atoms in total. The zero-order valence-corrected chi connectivity index (χ0v) is 4.96. The smallest absolute Gasteiger partial charge is 0.132 e. The maximum absolute atomic E-state index is 4.11. The molecule has 3 heteroatoms. The number of hydrogen-bond donors (Lipinski definition) is 1. The topological polar surface area (TPSA) is 36.8 Å². The van der Waals surface area contributed by atoms with Gasteiger partial charge in [0.15, 0.2) is 0 Å². The quantitative estimate of drug-likeness (QED) is 0.491.